The number of aromatic nitrogens is 1. The van der Waals surface area contributed by atoms with E-state index in [9.17, 15) is 9.59 Å². The van der Waals surface area contributed by atoms with Crippen LogP contribution in [0.4, 0.5) is 10.5 Å². The molecule has 0 saturated carbocycles. The van der Waals surface area contributed by atoms with Gasteiger partial charge in [-0.2, -0.15) is 0 Å². The fourth-order valence-corrected chi connectivity index (χ4v) is 2.45. The number of pyridine rings is 1. The van der Waals surface area contributed by atoms with E-state index in [1.54, 1.807) is 26.2 Å². The fraction of sp³-hybridized carbons (Fsp3) is 0.562. The minimum Gasteiger partial charge on any atom is -0.376 e. The molecule has 1 unspecified atom stereocenters. The molecule has 0 bridgehead atoms. The predicted octanol–water partition coefficient (Wildman–Crippen LogP) is 0.626. The van der Waals surface area contributed by atoms with Gasteiger partial charge < -0.3 is 20.3 Å². The molecule has 8 nitrogen and oxygen atoms in total. The molecule has 0 aromatic carbocycles. The number of carbonyl (C=O) groups excluding carboxylic acids is 2. The molecule has 2 rings (SSSR count). The average Bonchev–Trinajstić information content (AvgIpc) is 2.54. The molecule has 1 aromatic heterocycles. The van der Waals surface area contributed by atoms with E-state index < -0.39 is 0 Å². The van der Waals surface area contributed by atoms with Crippen LogP contribution in [-0.2, 0) is 4.74 Å². The Kier molecular flexibility index (Phi) is 6.51. The lowest BCUT2D eigenvalue weighted by atomic mass is 10.3. The molecule has 0 spiro atoms. The Bertz CT molecular complexity index is 579. The summed E-state index contributed by atoms with van der Waals surface area (Å²) in [5.74, 6) is -0.208. The molecule has 2 N–H and O–H groups in total. The number of amides is 3. The molecule has 8 heteroatoms. The molecule has 0 aliphatic carbocycles. The molecule has 132 valence electrons. The van der Waals surface area contributed by atoms with Crippen LogP contribution in [0.5, 0.6) is 0 Å². The second kappa shape index (κ2) is 8.60. The summed E-state index contributed by atoms with van der Waals surface area (Å²) in [7, 11) is 3.31. The zero-order valence-electron chi connectivity index (χ0n) is 14.4. The predicted molar refractivity (Wildman–Crippen MR) is 91.1 cm³/mol. The summed E-state index contributed by atoms with van der Waals surface area (Å²) < 4.78 is 5.48. The maximum Gasteiger partial charge on any atom is 0.319 e. The van der Waals surface area contributed by atoms with E-state index in [0.717, 1.165) is 26.2 Å². The number of nitrogens with zero attached hydrogens (tertiary/aromatic N) is 3. The lowest BCUT2D eigenvalue weighted by Gasteiger charge is -2.30. The van der Waals surface area contributed by atoms with Gasteiger partial charge in [0, 0.05) is 52.2 Å². The molecule has 1 saturated heterocycles. The molecular formula is C16H25N5O3. The van der Waals surface area contributed by atoms with E-state index in [-0.39, 0.29) is 18.0 Å². The third kappa shape index (κ3) is 5.47. The van der Waals surface area contributed by atoms with Crippen molar-refractivity contribution < 1.29 is 14.3 Å². The summed E-state index contributed by atoms with van der Waals surface area (Å²) in [6, 6.07) is 2.91. The van der Waals surface area contributed by atoms with Gasteiger partial charge in [-0.3, -0.25) is 14.7 Å². The van der Waals surface area contributed by atoms with Crippen LogP contribution in [0.15, 0.2) is 18.3 Å². The van der Waals surface area contributed by atoms with E-state index in [4.69, 9.17) is 4.74 Å². The number of anilines is 1. The van der Waals surface area contributed by atoms with Crippen LogP contribution >= 0.6 is 0 Å². The number of urea groups is 1. The zero-order chi connectivity index (χ0) is 17.5. The van der Waals surface area contributed by atoms with Crippen molar-refractivity contribution in [1.82, 2.24) is 20.1 Å². The van der Waals surface area contributed by atoms with E-state index in [1.165, 1.54) is 11.1 Å². The summed E-state index contributed by atoms with van der Waals surface area (Å²) in [6.07, 6.45) is 1.73. The molecule has 1 aliphatic heterocycles. The summed E-state index contributed by atoms with van der Waals surface area (Å²) in [5.41, 5.74) is 0.827. The SMILES string of the molecule is CC1CN(CCNC(=O)Nc2ccnc(C(=O)N(C)C)c2)CCO1. The largest absolute Gasteiger partial charge is 0.376 e. The highest BCUT2D eigenvalue weighted by Gasteiger charge is 2.16. The average molecular weight is 335 g/mol. The van der Waals surface area contributed by atoms with Crippen LogP contribution in [0, 0.1) is 0 Å². The highest BCUT2D eigenvalue weighted by atomic mass is 16.5. The maximum absolute atomic E-state index is 12.0. The monoisotopic (exact) mass is 335 g/mol. The van der Waals surface area contributed by atoms with Crippen molar-refractivity contribution in [2.45, 2.75) is 13.0 Å². The number of nitrogens with one attached hydrogen (secondary N) is 2. The third-order valence-electron chi connectivity index (χ3n) is 3.68. The molecule has 2 heterocycles. The van der Waals surface area contributed by atoms with Gasteiger partial charge >= 0.3 is 6.03 Å². The molecule has 0 radical (unpaired) electrons. The Balaban J connectivity index is 1.78. The molecular weight excluding hydrogens is 310 g/mol. The lowest BCUT2D eigenvalue weighted by Crippen LogP contribution is -2.45. The second-order valence-corrected chi connectivity index (χ2v) is 5.99. The Hall–Kier alpha value is -2.19. The molecule has 3 amide bonds. The van der Waals surface area contributed by atoms with Crippen molar-refractivity contribution >= 4 is 17.6 Å². The Morgan fingerprint density at radius 2 is 2.25 bits per heavy atom. The third-order valence-corrected chi connectivity index (χ3v) is 3.68. The summed E-state index contributed by atoms with van der Waals surface area (Å²) in [5, 5.41) is 5.54. The van der Waals surface area contributed by atoms with Crippen LogP contribution in [0.25, 0.3) is 0 Å². The Labute approximate surface area is 142 Å². The van der Waals surface area contributed by atoms with Gasteiger partial charge in [-0.25, -0.2) is 4.79 Å². The minimum absolute atomic E-state index is 0.208. The van der Waals surface area contributed by atoms with Crippen LogP contribution < -0.4 is 10.6 Å². The Morgan fingerprint density at radius 1 is 1.46 bits per heavy atom. The number of rotatable bonds is 5. The normalized spacial score (nSPS) is 18.0. The van der Waals surface area contributed by atoms with Gasteiger partial charge in [-0.15, -0.1) is 0 Å². The van der Waals surface area contributed by atoms with Crippen LogP contribution in [0.1, 0.15) is 17.4 Å². The molecule has 1 fully saturated rings. The molecule has 1 aliphatic rings. The standard InChI is InChI=1S/C16H25N5O3/c1-12-11-21(8-9-24-12)7-6-18-16(23)19-13-4-5-17-14(10-13)15(22)20(2)3/h4-5,10,12H,6-9,11H2,1-3H3,(H2,17,18,19,23). The number of carbonyl (C=O) groups is 2. The van der Waals surface area contributed by atoms with Crippen LogP contribution in [0.3, 0.4) is 0 Å². The van der Waals surface area contributed by atoms with Crippen molar-refractivity contribution in [3.63, 3.8) is 0 Å². The van der Waals surface area contributed by atoms with Gasteiger partial charge in [-0.1, -0.05) is 0 Å². The van der Waals surface area contributed by atoms with Crippen molar-refractivity contribution in [3.8, 4) is 0 Å². The summed E-state index contributed by atoms with van der Waals surface area (Å²) >= 11 is 0. The first-order chi connectivity index (χ1) is 11.5. The number of hydrogen-bond acceptors (Lipinski definition) is 5. The lowest BCUT2D eigenvalue weighted by molar-refractivity contribution is -0.0174. The van der Waals surface area contributed by atoms with Crippen LogP contribution in [0.2, 0.25) is 0 Å². The van der Waals surface area contributed by atoms with E-state index >= 15 is 0 Å². The van der Waals surface area contributed by atoms with Gasteiger partial charge in [0.05, 0.1) is 12.7 Å². The maximum atomic E-state index is 12.0. The zero-order valence-corrected chi connectivity index (χ0v) is 14.4. The van der Waals surface area contributed by atoms with Gasteiger partial charge in [-0.05, 0) is 19.1 Å². The second-order valence-electron chi connectivity index (χ2n) is 5.99. The highest BCUT2D eigenvalue weighted by Crippen LogP contribution is 2.09. The van der Waals surface area contributed by atoms with E-state index in [1.807, 2.05) is 6.92 Å². The molecule has 24 heavy (non-hydrogen) atoms. The van der Waals surface area contributed by atoms with Gasteiger partial charge in [0.25, 0.3) is 5.91 Å². The molecule has 1 aromatic rings. The Morgan fingerprint density at radius 3 is 2.96 bits per heavy atom. The van der Waals surface area contributed by atoms with Crippen LogP contribution in [-0.4, -0.2) is 79.7 Å². The minimum atomic E-state index is -0.300. The highest BCUT2D eigenvalue weighted by molar-refractivity contribution is 5.95. The number of ether oxygens (including phenoxy) is 1. The summed E-state index contributed by atoms with van der Waals surface area (Å²) in [6.45, 7) is 5.86. The topological polar surface area (TPSA) is 86.8 Å². The van der Waals surface area contributed by atoms with Crippen molar-refractivity contribution in [2.24, 2.45) is 0 Å². The first-order valence-electron chi connectivity index (χ1n) is 8.02. The fourth-order valence-electron chi connectivity index (χ4n) is 2.45. The van der Waals surface area contributed by atoms with Crippen molar-refractivity contribution in [2.75, 3.05) is 52.2 Å². The van der Waals surface area contributed by atoms with Gasteiger partial charge in [0.2, 0.25) is 0 Å². The first-order valence-corrected chi connectivity index (χ1v) is 8.02. The summed E-state index contributed by atoms with van der Waals surface area (Å²) in [4.78, 5) is 31.5. The van der Waals surface area contributed by atoms with Crippen molar-refractivity contribution in [1.29, 1.82) is 0 Å². The van der Waals surface area contributed by atoms with Crippen molar-refractivity contribution in [3.05, 3.63) is 24.0 Å². The van der Waals surface area contributed by atoms with E-state index in [2.05, 4.69) is 20.5 Å². The van der Waals surface area contributed by atoms with Gasteiger partial charge in [0.1, 0.15) is 5.69 Å². The van der Waals surface area contributed by atoms with Gasteiger partial charge in [0.15, 0.2) is 0 Å². The number of morpholine rings is 1. The van der Waals surface area contributed by atoms with E-state index in [0.29, 0.717) is 17.9 Å². The number of hydrogen-bond donors (Lipinski definition) is 2. The first kappa shape index (κ1) is 18.2. The smallest absolute Gasteiger partial charge is 0.319 e. The molecule has 1 atom stereocenters. The quantitative estimate of drug-likeness (QED) is 0.824.